The monoisotopic (exact) mass is 280 g/mol. The fourth-order valence-corrected chi connectivity index (χ4v) is 3.69. The SMILES string of the molecule is CCC1c2ccsc2CCN1CC(=O)NC(C)(C)C. The number of hydrogen-bond acceptors (Lipinski definition) is 3. The molecule has 1 aliphatic rings. The summed E-state index contributed by atoms with van der Waals surface area (Å²) in [6.45, 7) is 9.76. The molecule has 1 atom stereocenters. The fraction of sp³-hybridized carbons (Fsp3) is 0.667. The molecule has 106 valence electrons. The summed E-state index contributed by atoms with van der Waals surface area (Å²) in [5, 5.41) is 5.22. The number of fused-ring (bicyclic) bond motifs is 1. The molecule has 19 heavy (non-hydrogen) atoms. The molecule has 0 aliphatic carbocycles. The van der Waals surface area contributed by atoms with Crippen LogP contribution in [0.4, 0.5) is 0 Å². The van der Waals surface area contributed by atoms with E-state index in [0.29, 0.717) is 12.6 Å². The third-order valence-corrected chi connectivity index (χ3v) is 4.45. The molecule has 0 aromatic carbocycles. The summed E-state index contributed by atoms with van der Waals surface area (Å²) in [6, 6.07) is 2.63. The van der Waals surface area contributed by atoms with Gasteiger partial charge in [-0.15, -0.1) is 11.3 Å². The van der Waals surface area contributed by atoms with Crippen LogP contribution in [0.2, 0.25) is 0 Å². The molecule has 0 radical (unpaired) electrons. The summed E-state index contributed by atoms with van der Waals surface area (Å²) >= 11 is 1.85. The van der Waals surface area contributed by atoms with Crippen LogP contribution in [0, 0.1) is 0 Å². The molecule has 0 bridgehead atoms. The Labute approximate surface area is 120 Å². The van der Waals surface area contributed by atoms with Crippen LogP contribution in [0.1, 0.15) is 50.6 Å². The number of hydrogen-bond donors (Lipinski definition) is 1. The van der Waals surface area contributed by atoms with Gasteiger partial charge in [0.15, 0.2) is 0 Å². The van der Waals surface area contributed by atoms with E-state index in [1.807, 2.05) is 32.1 Å². The molecule has 0 saturated carbocycles. The van der Waals surface area contributed by atoms with Crippen LogP contribution in [0.15, 0.2) is 11.4 Å². The highest BCUT2D eigenvalue weighted by molar-refractivity contribution is 7.10. The second kappa shape index (κ2) is 5.63. The van der Waals surface area contributed by atoms with Crippen molar-refractivity contribution in [3.05, 3.63) is 21.9 Å². The predicted molar refractivity (Wildman–Crippen MR) is 80.5 cm³/mol. The molecule has 1 N–H and O–H groups in total. The Kier molecular flexibility index (Phi) is 4.31. The van der Waals surface area contributed by atoms with Crippen LogP contribution in [0.25, 0.3) is 0 Å². The van der Waals surface area contributed by atoms with Gasteiger partial charge in [0.05, 0.1) is 6.54 Å². The zero-order chi connectivity index (χ0) is 14.0. The van der Waals surface area contributed by atoms with E-state index in [1.165, 1.54) is 10.4 Å². The van der Waals surface area contributed by atoms with Crippen LogP contribution in [-0.2, 0) is 11.2 Å². The van der Waals surface area contributed by atoms with Crippen molar-refractivity contribution >= 4 is 17.2 Å². The maximum atomic E-state index is 12.1. The van der Waals surface area contributed by atoms with Gasteiger partial charge in [-0.05, 0) is 50.6 Å². The van der Waals surface area contributed by atoms with E-state index in [1.54, 1.807) is 0 Å². The van der Waals surface area contributed by atoms with Crippen molar-refractivity contribution in [1.29, 1.82) is 0 Å². The molecular weight excluding hydrogens is 256 g/mol. The van der Waals surface area contributed by atoms with E-state index < -0.39 is 0 Å². The van der Waals surface area contributed by atoms with Crippen LogP contribution in [0.3, 0.4) is 0 Å². The number of thiophene rings is 1. The Morgan fingerprint density at radius 3 is 2.89 bits per heavy atom. The lowest BCUT2D eigenvalue weighted by Gasteiger charge is -2.35. The first-order valence-electron chi connectivity index (χ1n) is 7.02. The highest BCUT2D eigenvalue weighted by Crippen LogP contribution is 2.34. The number of carbonyl (C=O) groups excluding carboxylic acids is 1. The molecule has 0 saturated heterocycles. The van der Waals surface area contributed by atoms with Crippen LogP contribution in [0.5, 0.6) is 0 Å². The number of carbonyl (C=O) groups is 1. The van der Waals surface area contributed by atoms with Gasteiger partial charge in [0.1, 0.15) is 0 Å². The van der Waals surface area contributed by atoms with E-state index in [9.17, 15) is 4.79 Å². The smallest absolute Gasteiger partial charge is 0.234 e. The van der Waals surface area contributed by atoms with Crippen LogP contribution >= 0.6 is 11.3 Å². The number of nitrogens with one attached hydrogen (secondary N) is 1. The maximum absolute atomic E-state index is 12.1. The van der Waals surface area contributed by atoms with E-state index in [0.717, 1.165) is 19.4 Å². The number of rotatable bonds is 3. The fourth-order valence-electron chi connectivity index (χ4n) is 2.76. The maximum Gasteiger partial charge on any atom is 0.234 e. The molecule has 1 amide bonds. The first-order chi connectivity index (χ1) is 8.90. The van der Waals surface area contributed by atoms with E-state index in [2.05, 4.69) is 28.6 Å². The molecule has 1 aromatic heterocycles. The van der Waals surface area contributed by atoms with Crippen LogP contribution < -0.4 is 5.32 Å². The Bertz CT molecular complexity index is 447. The minimum atomic E-state index is -0.151. The predicted octanol–water partition coefficient (Wildman–Crippen LogP) is 2.97. The molecule has 0 spiro atoms. The van der Waals surface area contributed by atoms with Crippen molar-refractivity contribution in [2.45, 2.75) is 52.1 Å². The van der Waals surface area contributed by atoms with E-state index in [-0.39, 0.29) is 11.4 Å². The largest absolute Gasteiger partial charge is 0.350 e. The molecule has 1 aliphatic heterocycles. The minimum Gasteiger partial charge on any atom is -0.350 e. The van der Waals surface area contributed by atoms with Crippen molar-refractivity contribution in [1.82, 2.24) is 10.2 Å². The Hall–Kier alpha value is -0.870. The zero-order valence-corrected chi connectivity index (χ0v) is 13.1. The molecule has 2 heterocycles. The van der Waals surface area contributed by atoms with Gasteiger partial charge in [0.2, 0.25) is 5.91 Å². The van der Waals surface area contributed by atoms with Gasteiger partial charge in [-0.2, -0.15) is 0 Å². The van der Waals surface area contributed by atoms with Gasteiger partial charge < -0.3 is 5.32 Å². The second-order valence-corrected chi connectivity index (χ2v) is 7.24. The minimum absolute atomic E-state index is 0.129. The highest BCUT2D eigenvalue weighted by atomic mass is 32.1. The van der Waals surface area contributed by atoms with Gasteiger partial charge >= 0.3 is 0 Å². The molecule has 2 rings (SSSR count). The molecule has 3 nitrogen and oxygen atoms in total. The third-order valence-electron chi connectivity index (χ3n) is 3.45. The summed E-state index contributed by atoms with van der Waals surface area (Å²) in [5.74, 6) is 0.129. The standard InChI is InChI=1S/C15H24N2OS/c1-5-12-11-7-9-19-13(11)6-8-17(12)10-14(18)16-15(2,3)4/h7,9,12H,5-6,8,10H2,1-4H3,(H,16,18). The van der Waals surface area contributed by atoms with Crippen molar-refractivity contribution in [2.24, 2.45) is 0 Å². The highest BCUT2D eigenvalue weighted by Gasteiger charge is 2.28. The average Bonchev–Trinajstić information content (AvgIpc) is 2.74. The van der Waals surface area contributed by atoms with Gasteiger partial charge in [-0.1, -0.05) is 6.92 Å². The molecular formula is C15H24N2OS. The number of nitrogens with zero attached hydrogens (tertiary/aromatic N) is 1. The summed E-state index contributed by atoms with van der Waals surface area (Å²) in [5.41, 5.74) is 1.28. The lowest BCUT2D eigenvalue weighted by atomic mass is 9.98. The zero-order valence-electron chi connectivity index (χ0n) is 12.3. The van der Waals surface area contributed by atoms with Crippen LogP contribution in [-0.4, -0.2) is 29.4 Å². The van der Waals surface area contributed by atoms with Gasteiger partial charge in [0.25, 0.3) is 0 Å². The quantitative estimate of drug-likeness (QED) is 0.923. The lowest BCUT2D eigenvalue weighted by Crippen LogP contribution is -2.47. The first kappa shape index (κ1) is 14.5. The molecule has 0 fully saturated rings. The Morgan fingerprint density at radius 1 is 1.53 bits per heavy atom. The lowest BCUT2D eigenvalue weighted by molar-refractivity contribution is -0.124. The Morgan fingerprint density at radius 2 is 2.26 bits per heavy atom. The molecule has 1 aromatic rings. The summed E-state index contributed by atoms with van der Waals surface area (Å²) in [6.07, 6.45) is 2.14. The van der Waals surface area contributed by atoms with Crippen molar-refractivity contribution < 1.29 is 4.79 Å². The number of amides is 1. The van der Waals surface area contributed by atoms with Crippen molar-refractivity contribution in [3.63, 3.8) is 0 Å². The third kappa shape index (κ3) is 3.57. The summed E-state index contributed by atoms with van der Waals surface area (Å²) < 4.78 is 0. The first-order valence-corrected chi connectivity index (χ1v) is 7.90. The Balaban J connectivity index is 2.04. The molecule has 4 heteroatoms. The van der Waals surface area contributed by atoms with E-state index >= 15 is 0 Å². The topological polar surface area (TPSA) is 32.3 Å². The summed E-state index contributed by atoms with van der Waals surface area (Å²) in [7, 11) is 0. The van der Waals surface area contributed by atoms with E-state index in [4.69, 9.17) is 0 Å². The normalized spacial score (nSPS) is 20.1. The van der Waals surface area contributed by atoms with Crippen molar-refractivity contribution in [3.8, 4) is 0 Å². The summed E-state index contributed by atoms with van der Waals surface area (Å²) in [4.78, 5) is 15.9. The van der Waals surface area contributed by atoms with Crippen molar-refractivity contribution in [2.75, 3.05) is 13.1 Å². The van der Waals surface area contributed by atoms with Gasteiger partial charge in [0, 0.05) is 23.0 Å². The molecule has 1 unspecified atom stereocenters. The van der Waals surface area contributed by atoms with Gasteiger partial charge in [-0.25, -0.2) is 0 Å². The van der Waals surface area contributed by atoms with Gasteiger partial charge in [-0.3, -0.25) is 9.69 Å². The average molecular weight is 280 g/mol. The second-order valence-electron chi connectivity index (χ2n) is 6.24.